The van der Waals surface area contributed by atoms with Crippen molar-refractivity contribution in [3.05, 3.63) is 35.4 Å². The van der Waals surface area contributed by atoms with Gasteiger partial charge in [-0.25, -0.2) is 0 Å². The molecule has 2 aliphatic carbocycles. The van der Waals surface area contributed by atoms with Crippen molar-refractivity contribution in [2.24, 2.45) is 5.92 Å². The Bertz CT molecular complexity index is 593. The minimum atomic E-state index is -0.246. The van der Waals surface area contributed by atoms with Gasteiger partial charge < -0.3 is 10.1 Å². The van der Waals surface area contributed by atoms with E-state index in [2.05, 4.69) is 17.4 Å². The van der Waals surface area contributed by atoms with Gasteiger partial charge in [-0.05, 0) is 42.7 Å². The summed E-state index contributed by atoms with van der Waals surface area (Å²) in [6, 6.07) is 8.29. The summed E-state index contributed by atoms with van der Waals surface area (Å²) in [5.74, 6) is 0.214. The van der Waals surface area contributed by atoms with Gasteiger partial charge in [-0.2, -0.15) is 0 Å². The van der Waals surface area contributed by atoms with E-state index in [9.17, 15) is 9.59 Å². The second-order valence-corrected chi connectivity index (χ2v) is 7.41. The predicted octanol–water partition coefficient (Wildman–Crippen LogP) is 4.08. The Kier molecular flexibility index (Phi) is 6.48. The number of esters is 1. The summed E-state index contributed by atoms with van der Waals surface area (Å²) < 4.78 is 5.17. The van der Waals surface area contributed by atoms with Gasteiger partial charge in [-0.15, -0.1) is 0 Å². The summed E-state index contributed by atoms with van der Waals surface area (Å²) in [5, 5.41) is 3.02. The molecule has 0 saturated heterocycles. The van der Waals surface area contributed by atoms with Gasteiger partial charge in [0.05, 0.1) is 6.04 Å². The highest BCUT2D eigenvalue weighted by Crippen LogP contribution is 2.29. The number of benzene rings is 1. The van der Waals surface area contributed by atoms with E-state index in [1.54, 1.807) is 0 Å². The van der Waals surface area contributed by atoms with E-state index in [1.807, 2.05) is 12.1 Å². The van der Waals surface area contributed by atoms with Gasteiger partial charge in [0.15, 0.2) is 6.61 Å². The number of hydrogen-bond donors (Lipinski definition) is 1. The molecule has 0 aliphatic heterocycles. The minimum Gasteiger partial charge on any atom is -0.456 e. The van der Waals surface area contributed by atoms with Crippen molar-refractivity contribution in [1.82, 2.24) is 5.32 Å². The lowest BCUT2D eigenvalue weighted by Crippen LogP contribution is -2.34. The van der Waals surface area contributed by atoms with Crippen LogP contribution in [0.25, 0.3) is 0 Å². The number of carbonyl (C=O) groups excluding carboxylic acids is 2. The summed E-state index contributed by atoms with van der Waals surface area (Å²) in [6.07, 6.45) is 10.8. The van der Waals surface area contributed by atoms with Crippen LogP contribution in [0.1, 0.15) is 75.0 Å². The van der Waals surface area contributed by atoms with Crippen molar-refractivity contribution < 1.29 is 14.3 Å². The van der Waals surface area contributed by atoms with E-state index in [-0.39, 0.29) is 24.5 Å². The molecule has 4 heteroatoms. The first-order valence-electron chi connectivity index (χ1n) is 9.75. The van der Waals surface area contributed by atoms with Crippen LogP contribution in [-0.2, 0) is 20.7 Å². The number of ether oxygens (including phenoxy) is 1. The molecule has 0 aromatic heterocycles. The van der Waals surface area contributed by atoms with E-state index in [0.717, 1.165) is 25.7 Å². The first kappa shape index (κ1) is 18.0. The van der Waals surface area contributed by atoms with Crippen molar-refractivity contribution in [2.75, 3.05) is 6.61 Å². The molecule has 0 radical (unpaired) electrons. The fourth-order valence-corrected chi connectivity index (χ4v) is 4.16. The van der Waals surface area contributed by atoms with Crippen LogP contribution in [0.15, 0.2) is 24.3 Å². The van der Waals surface area contributed by atoms with Crippen LogP contribution in [0, 0.1) is 5.92 Å². The van der Waals surface area contributed by atoms with E-state index >= 15 is 0 Å². The number of carbonyl (C=O) groups is 2. The quantitative estimate of drug-likeness (QED) is 0.792. The summed E-state index contributed by atoms with van der Waals surface area (Å²) in [5.41, 5.74) is 2.51. The normalized spacial score (nSPS) is 20.6. The lowest BCUT2D eigenvalue weighted by Gasteiger charge is -2.26. The molecule has 1 atom stereocenters. The van der Waals surface area contributed by atoms with Gasteiger partial charge in [0.1, 0.15) is 0 Å². The Hall–Kier alpha value is -1.84. The average Bonchev–Trinajstić information content (AvgIpc) is 2.66. The molecule has 1 unspecified atom stereocenters. The predicted molar refractivity (Wildman–Crippen MR) is 97.0 cm³/mol. The maximum absolute atomic E-state index is 12.1. The van der Waals surface area contributed by atoms with Crippen LogP contribution in [0.5, 0.6) is 0 Å². The first-order valence-corrected chi connectivity index (χ1v) is 9.75. The monoisotopic (exact) mass is 343 g/mol. The number of amides is 1. The maximum atomic E-state index is 12.1. The highest BCUT2D eigenvalue weighted by atomic mass is 16.5. The van der Waals surface area contributed by atoms with Gasteiger partial charge in [0, 0.05) is 6.42 Å². The molecule has 3 rings (SSSR count). The molecule has 25 heavy (non-hydrogen) atoms. The van der Waals surface area contributed by atoms with Crippen molar-refractivity contribution in [2.45, 2.75) is 70.3 Å². The highest BCUT2D eigenvalue weighted by Gasteiger charge is 2.22. The number of fused-ring (bicyclic) bond motifs is 1. The zero-order valence-corrected chi connectivity index (χ0v) is 15.0. The Labute approximate surface area is 150 Å². The summed E-state index contributed by atoms with van der Waals surface area (Å²) in [7, 11) is 0. The molecular weight excluding hydrogens is 314 g/mol. The largest absolute Gasteiger partial charge is 0.456 e. The summed E-state index contributed by atoms with van der Waals surface area (Å²) in [6.45, 7) is -0.165. The SMILES string of the molecule is O=C(COC(=O)CCC1CCCCC1)NC1CCCc2ccccc21. The Balaban J connectivity index is 1.39. The molecule has 1 aromatic rings. The molecule has 0 spiro atoms. The molecule has 1 fully saturated rings. The van der Waals surface area contributed by atoms with Crippen molar-refractivity contribution >= 4 is 11.9 Å². The number of nitrogens with one attached hydrogen (secondary N) is 1. The fraction of sp³-hybridized carbons (Fsp3) is 0.619. The smallest absolute Gasteiger partial charge is 0.306 e. The molecule has 4 nitrogen and oxygen atoms in total. The molecule has 1 amide bonds. The fourth-order valence-electron chi connectivity index (χ4n) is 4.16. The highest BCUT2D eigenvalue weighted by molar-refractivity contribution is 5.80. The van der Waals surface area contributed by atoms with E-state index in [1.165, 1.54) is 43.2 Å². The third-order valence-electron chi connectivity index (χ3n) is 5.55. The van der Waals surface area contributed by atoms with Crippen LogP contribution < -0.4 is 5.32 Å². The number of rotatable bonds is 6. The van der Waals surface area contributed by atoms with Gasteiger partial charge in [-0.3, -0.25) is 9.59 Å². The molecule has 2 aliphatic rings. The maximum Gasteiger partial charge on any atom is 0.306 e. The van der Waals surface area contributed by atoms with E-state index < -0.39 is 0 Å². The lowest BCUT2D eigenvalue weighted by atomic mass is 9.86. The Morgan fingerprint density at radius 2 is 1.84 bits per heavy atom. The molecule has 0 bridgehead atoms. The molecule has 1 saturated carbocycles. The minimum absolute atomic E-state index is 0.0402. The first-order chi connectivity index (χ1) is 12.2. The second-order valence-electron chi connectivity index (χ2n) is 7.41. The van der Waals surface area contributed by atoms with Crippen LogP contribution in [-0.4, -0.2) is 18.5 Å². The van der Waals surface area contributed by atoms with Gasteiger partial charge in [0.25, 0.3) is 5.91 Å². The summed E-state index contributed by atoms with van der Waals surface area (Å²) >= 11 is 0. The van der Waals surface area contributed by atoms with Gasteiger partial charge in [-0.1, -0.05) is 56.4 Å². The molecular formula is C21H29NO3. The van der Waals surface area contributed by atoms with Crippen molar-refractivity contribution in [3.8, 4) is 0 Å². The molecule has 1 N–H and O–H groups in total. The zero-order chi connectivity index (χ0) is 17.5. The number of hydrogen-bond acceptors (Lipinski definition) is 3. The standard InChI is InChI=1S/C21H29NO3/c23-20(15-25-21(24)14-13-16-7-2-1-3-8-16)22-19-12-6-10-17-9-4-5-11-18(17)19/h4-5,9,11,16,19H,1-3,6-8,10,12-15H2,(H,22,23). The Morgan fingerprint density at radius 3 is 2.68 bits per heavy atom. The van der Waals surface area contributed by atoms with E-state index in [4.69, 9.17) is 4.74 Å². The lowest BCUT2D eigenvalue weighted by molar-refractivity contribution is -0.149. The Morgan fingerprint density at radius 1 is 1.04 bits per heavy atom. The van der Waals surface area contributed by atoms with Gasteiger partial charge in [0.2, 0.25) is 0 Å². The molecule has 136 valence electrons. The van der Waals surface area contributed by atoms with Crippen LogP contribution in [0.2, 0.25) is 0 Å². The van der Waals surface area contributed by atoms with Crippen LogP contribution in [0.4, 0.5) is 0 Å². The molecule has 0 heterocycles. The molecule has 1 aromatic carbocycles. The van der Waals surface area contributed by atoms with E-state index in [0.29, 0.717) is 12.3 Å². The topological polar surface area (TPSA) is 55.4 Å². The third kappa shape index (κ3) is 5.32. The van der Waals surface area contributed by atoms with Crippen LogP contribution in [0.3, 0.4) is 0 Å². The zero-order valence-electron chi connectivity index (χ0n) is 15.0. The van der Waals surface area contributed by atoms with Crippen molar-refractivity contribution in [1.29, 1.82) is 0 Å². The number of aryl methyl sites for hydroxylation is 1. The van der Waals surface area contributed by atoms with Gasteiger partial charge >= 0.3 is 5.97 Å². The average molecular weight is 343 g/mol. The van der Waals surface area contributed by atoms with Crippen LogP contribution >= 0.6 is 0 Å². The third-order valence-corrected chi connectivity index (χ3v) is 5.55. The second kappa shape index (κ2) is 9.02. The summed E-state index contributed by atoms with van der Waals surface area (Å²) in [4.78, 5) is 24.0. The van der Waals surface area contributed by atoms with Crippen molar-refractivity contribution in [3.63, 3.8) is 0 Å².